The van der Waals surface area contributed by atoms with Gasteiger partial charge in [0.1, 0.15) is 0 Å². The summed E-state index contributed by atoms with van der Waals surface area (Å²) >= 11 is 0. The van der Waals surface area contributed by atoms with Crippen LogP contribution in [0.3, 0.4) is 0 Å². The second-order valence-electron chi connectivity index (χ2n) is 5.61. The van der Waals surface area contributed by atoms with Gasteiger partial charge >= 0.3 is 5.97 Å². The molecule has 0 bridgehead atoms. The minimum absolute atomic E-state index is 0.0405. The van der Waals surface area contributed by atoms with Crippen LogP contribution >= 0.6 is 0 Å². The quantitative estimate of drug-likeness (QED) is 0.839. The number of aromatic nitrogens is 1. The molecule has 2 aliphatic rings. The van der Waals surface area contributed by atoms with Crippen LogP contribution in [0, 0.1) is 11.8 Å². The first-order chi connectivity index (χ1) is 10.2. The van der Waals surface area contributed by atoms with Crippen LogP contribution in [0.1, 0.15) is 24.1 Å². The standard InChI is InChI=1S/C16H18N2O3/c19-15(12-5-1-2-6-13(12)16(20)21)18-9-7-14-11(10-18)4-3-8-17-14/h1-4,8,12-13H,5-7,9-10H2,(H,20,21). The Morgan fingerprint density at radius 3 is 2.76 bits per heavy atom. The molecule has 3 rings (SSSR count). The summed E-state index contributed by atoms with van der Waals surface area (Å²) in [6.07, 6.45) is 7.24. The zero-order valence-electron chi connectivity index (χ0n) is 11.7. The van der Waals surface area contributed by atoms with Gasteiger partial charge in [0.2, 0.25) is 5.91 Å². The van der Waals surface area contributed by atoms with Gasteiger partial charge in [-0.25, -0.2) is 0 Å². The van der Waals surface area contributed by atoms with Gasteiger partial charge in [0, 0.05) is 31.4 Å². The molecule has 0 spiro atoms. The maximum Gasteiger partial charge on any atom is 0.307 e. The number of aliphatic carboxylic acids is 1. The maximum atomic E-state index is 12.7. The summed E-state index contributed by atoms with van der Waals surface area (Å²) in [7, 11) is 0. The first-order valence-corrected chi connectivity index (χ1v) is 7.26. The van der Waals surface area contributed by atoms with E-state index in [1.807, 2.05) is 24.3 Å². The van der Waals surface area contributed by atoms with Crippen molar-refractivity contribution in [3.05, 3.63) is 41.7 Å². The van der Waals surface area contributed by atoms with E-state index < -0.39 is 17.8 Å². The fourth-order valence-corrected chi connectivity index (χ4v) is 3.15. The Bertz CT molecular complexity index is 597. The number of allylic oxidation sites excluding steroid dienone is 2. The van der Waals surface area contributed by atoms with Gasteiger partial charge < -0.3 is 10.0 Å². The summed E-state index contributed by atoms with van der Waals surface area (Å²) in [6, 6.07) is 3.85. The van der Waals surface area contributed by atoms with Crippen LogP contribution in [-0.2, 0) is 22.6 Å². The normalized spacial score (nSPS) is 24.5. The molecule has 1 amide bonds. The molecule has 5 heteroatoms. The van der Waals surface area contributed by atoms with Crippen molar-refractivity contribution >= 4 is 11.9 Å². The summed E-state index contributed by atoms with van der Waals surface area (Å²) in [4.78, 5) is 30.1. The van der Waals surface area contributed by atoms with E-state index in [9.17, 15) is 14.7 Å². The van der Waals surface area contributed by atoms with Crippen LogP contribution < -0.4 is 0 Å². The third-order valence-electron chi connectivity index (χ3n) is 4.34. The Kier molecular flexibility index (Phi) is 3.73. The largest absolute Gasteiger partial charge is 0.481 e. The summed E-state index contributed by atoms with van der Waals surface area (Å²) < 4.78 is 0. The third-order valence-corrected chi connectivity index (χ3v) is 4.34. The number of hydrogen-bond donors (Lipinski definition) is 1. The fourth-order valence-electron chi connectivity index (χ4n) is 3.15. The average molecular weight is 286 g/mol. The van der Waals surface area contributed by atoms with Gasteiger partial charge in [-0.3, -0.25) is 14.6 Å². The van der Waals surface area contributed by atoms with Gasteiger partial charge in [-0.05, 0) is 24.5 Å². The molecule has 1 N–H and O–H groups in total. The zero-order valence-corrected chi connectivity index (χ0v) is 11.7. The lowest BCUT2D eigenvalue weighted by molar-refractivity contribution is -0.151. The number of pyridine rings is 1. The Morgan fingerprint density at radius 2 is 2.00 bits per heavy atom. The zero-order chi connectivity index (χ0) is 14.8. The van der Waals surface area contributed by atoms with Gasteiger partial charge in [0.15, 0.2) is 0 Å². The minimum Gasteiger partial charge on any atom is -0.481 e. The van der Waals surface area contributed by atoms with Crippen molar-refractivity contribution in [1.29, 1.82) is 0 Å². The lowest BCUT2D eigenvalue weighted by Gasteiger charge is -2.33. The van der Waals surface area contributed by atoms with Crippen molar-refractivity contribution in [3.8, 4) is 0 Å². The minimum atomic E-state index is -0.878. The van der Waals surface area contributed by atoms with Gasteiger partial charge in [0.05, 0.1) is 11.8 Å². The van der Waals surface area contributed by atoms with E-state index >= 15 is 0 Å². The molecule has 1 aromatic heterocycles. The molecule has 0 aromatic carbocycles. The highest BCUT2D eigenvalue weighted by atomic mass is 16.4. The Hall–Kier alpha value is -2.17. The van der Waals surface area contributed by atoms with E-state index in [1.165, 1.54) is 0 Å². The highest BCUT2D eigenvalue weighted by molar-refractivity contribution is 5.85. The summed E-state index contributed by atoms with van der Waals surface area (Å²) in [5.74, 6) is -1.96. The van der Waals surface area contributed by atoms with Gasteiger partial charge in [-0.15, -0.1) is 0 Å². The lowest BCUT2D eigenvalue weighted by Crippen LogP contribution is -2.44. The molecule has 0 fully saturated rings. The van der Waals surface area contributed by atoms with Crippen LogP contribution in [0.4, 0.5) is 0 Å². The molecule has 110 valence electrons. The molecule has 2 heterocycles. The van der Waals surface area contributed by atoms with E-state index in [0.29, 0.717) is 25.9 Å². The maximum absolute atomic E-state index is 12.7. The van der Waals surface area contributed by atoms with E-state index in [4.69, 9.17) is 0 Å². The van der Waals surface area contributed by atoms with Crippen molar-refractivity contribution in [3.63, 3.8) is 0 Å². The number of rotatable bonds is 2. The topological polar surface area (TPSA) is 70.5 Å². The van der Waals surface area contributed by atoms with E-state index in [-0.39, 0.29) is 5.91 Å². The first kappa shape index (κ1) is 13.8. The number of fused-ring (bicyclic) bond motifs is 1. The third kappa shape index (κ3) is 2.68. The van der Waals surface area contributed by atoms with Gasteiger partial charge in [0.25, 0.3) is 0 Å². The van der Waals surface area contributed by atoms with Crippen LogP contribution in [0.25, 0.3) is 0 Å². The van der Waals surface area contributed by atoms with Crippen LogP contribution in [0.2, 0.25) is 0 Å². The number of carboxylic acid groups (broad SMARTS) is 1. The highest BCUT2D eigenvalue weighted by Gasteiger charge is 2.37. The van der Waals surface area contributed by atoms with E-state index in [0.717, 1.165) is 17.7 Å². The predicted molar refractivity (Wildman–Crippen MR) is 76.3 cm³/mol. The number of nitrogens with zero attached hydrogens (tertiary/aromatic N) is 2. The number of carboxylic acids is 1. The molecule has 5 nitrogen and oxygen atoms in total. The van der Waals surface area contributed by atoms with Crippen LogP contribution in [0.5, 0.6) is 0 Å². The summed E-state index contributed by atoms with van der Waals surface area (Å²) in [5, 5.41) is 9.30. The number of carbonyl (C=O) groups excluding carboxylic acids is 1. The fraction of sp³-hybridized carbons (Fsp3) is 0.438. The van der Waals surface area contributed by atoms with E-state index in [2.05, 4.69) is 4.98 Å². The van der Waals surface area contributed by atoms with Crippen molar-refractivity contribution in [2.45, 2.75) is 25.8 Å². The molecule has 0 saturated carbocycles. The molecule has 2 atom stereocenters. The SMILES string of the molecule is O=C(O)C1CC=CCC1C(=O)N1CCc2ncccc2C1. The first-order valence-electron chi connectivity index (χ1n) is 7.26. The molecular weight excluding hydrogens is 268 g/mol. The number of amides is 1. The molecule has 2 unspecified atom stereocenters. The van der Waals surface area contributed by atoms with Crippen molar-refractivity contribution in [2.75, 3.05) is 6.54 Å². The predicted octanol–water partition coefficient (Wildman–Crippen LogP) is 1.63. The molecule has 1 aromatic rings. The smallest absolute Gasteiger partial charge is 0.307 e. The monoisotopic (exact) mass is 286 g/mol. The van der Waals surface area contributed by atoms with Gasteiger partial charge in [-0.1, -0.05) is 18.2 Å². The Morgan fingerprint density at radius 1 is 1.24 bits per heavy atom. The molecule has 0 radical (unpaired) electrons. The molecule has 21 heavy (non-hydrogen) atoms. The van der Waals surface area contributed by atoms with Crippen molar-refractivity contribution in [1.82, 2.24) is 9.88 Å². The van der Waals surface area contributed by atoms with Crippen LogP contribution in [-0.4, -0.2) is 33.4 Å². The highest BCUT2D eigenvalue weighted by Crippen LogP contribution is 2.29. The second kappa shape index (κ2) is 5.68. The van der Waals surface area contributed by atoms with Crippen molar-refractivity contribution < 1.29 is 14.7 Å². The molecule has 1 aliphatic carbocycles. The van der Waals surface area contributed by atoms with Crippen molar-refractivity contribution in [2.24, 2.45) is 11.8 Å². The molecule has 0 saturated heterocycles. The Balaban J connectivity index is 1.77. The number of hydrogen-bond acceptors (Lipinski definition) is 3. The number of carbonyl (C=O) groups is 2. The second-order valence-corrected chi connectivity index (χ2v) is 5.61. The molecule has 1 aliphatic heterocycles. The van der Waals surface area contributed by atoms with E-state index in [1.54, 1.807) is 11.1 Å². The summed E-state index contributed by atoms with van der Waals surface area (Å²) in [6.45, 7) is 1.16. The van der Waals surface area contributed by atoms with Crippen LogP contribution in [0.15, 0.2) is 30.5 Å². The molecular formula is C16H18N2O3. The Labute approximate surface area is 123 Å². The lowest BCUT2D eigenvalue weighted by atomic mass is 9.81. The summed E-state index contributed by atoms with van der Waals surface area (Å²) in [5.41, 5.74) is 2.11. The van der Waals surface area contributed by atoms with Gasteiger partial charge in [-0.2, -0.15) is 0 Å². The average Bonchev–Trinajstić information content (AvgIpc) is 2.53.